The predicted molar refractivity (Wildman–Crippen MR) is 81.7 cm³/mol. The summed E-state index contributed by atoms with van der Waals surface area (Å²) in [6, 6.07) is 7.70. The highest BCUT2D eigenvalue weighted by Crippen LogP contribution is 2.28. The van der Waals surface area contributed by atoms with Crippen LogP contribution in [-0.4, -0.2) is 9.97 Å². The summed E-state index contributed by atoms with van der Waals surface area (Å²) in [6.45, 7) is 10.2. The predicted octanol–water partition coefficient (Wildman–Crippen LogP) is 4.84. The Hall–Kier alpha value is -1.61. The molecular weight excluding hydrogens is 272 g/mol. The molecule has 0 saturated carbocycles. The fourth-order valence-corrected chi connectivity index (χ4v) is 1.89. The number of aryl methyl sites for hydroxylation is 2. The lowest BCUT2D eigenvalue weighted by molar-refractivity contribution is 0.443. The number of ether oxygens (including phenoxy) is 1. The summed E-state index contributed by atoms with van der Waals surface area (Å²) >= 11 is 6.06. The Morgan fingerprint density at radius 2 is 1.75 bits per heavy atom. The Morgan fingerprint density at radius 1 is 1.05 bits per heavy atom. The number of benzene rings is 1. The molecule has 1 aromatic heterocycles. The van der Waals surface area contributed by atoms with Crippen LogP contribution in [0, 0.1) is 13.8 Å². The lowest BCUT2D eigenvalue weighted by Gasteiger charge is -2.17. The minimum absolute atomic E-state index is 0.176. The van der Waals surface area contributed by atoms with Crippen molar-refractivity contribution in [2.24, 2.45) is 0 Å². The Labute approximate surface area is 125 Å². The number of halogens is 1. The summed E-state index contributed by atoms with van der Waals surface area (Å²) in [5.41, 5.74) is 2.02. The van der Waals surface area contributed by atoms with Crippen LogP contribution in [0.5, 0.6) is 11.6 Å². The van der Waals surface area contributed by atoms with Crippen molar-refractivity contribution in [3.8, 4) is 11.6 Å². The molecule has 0 amide bonds. The summed E-state index contributed by atoms with van der Waals surface area (Å²) in [5, 5.41) is 0.394. The third-order valence-electron chi connectivity index (χ3n) is 2.90. The van der Waals surface area contributed by atoms with Gasteiger partial charge in [-0.15, -0.1) is 0 Å². The molecule has 0 spiro atoms. The van der Waals surface area contributed by atoms with Crippen LogP contribution in [0.15, 0.2) is 24.3 Å². The molecule has 0 aliphatic heterocycles. The molecule has 1 heterocycles. The maximum absolute atomic E-state index is 6.06. The zero-order valence-corrected chi connectivity index (χ0v) is 13.2. The quantitative estimate of drug-likeness (QED) is 0.743. The number of nitrogens with zero attached hydrogens (tertiary/aromatic N) is 2. The van der Waals surface area contributed by atoms with Crippen LogP contribution in [0.4, 0.5) is 0 Å². The molecule has 4 heteroatoms. The van der Waals surface area contributed by atoms with Gasteiger partial charge in [0.2, 0.25) is 5.88 Å². The molecule has 0 unspecified atom stereocenters. The topological polar surface area (TPSA) is 35.0 Å². The maximum atomic E-state index is 6.06. The van der Waals surface area contributed by atoms with Gasteiger partial charge in [-0.25, -0.2) is 4.98 Å². The lowest BCUT2D eigenvalue weighted by atomic mass is 9.96. The molecule has 0 radical (unpaired) electrons. The van der Waals surface area contributed by atoms with Crippen LogP contribution >= 0.6 is 11.6 Å². The van der Waals surface area contributed by atoms with E-state index in [2.05, 4.69) is 16.0 Å². The van der Waals surface area contributed by atoms with Crippen molar-refractivity contribution >= 4 is 11.6 Å². The van der Waals surface area contributed by atoms with Crippen LogP contribution in [0.25, 0.3) is 0 Å². The summed E-state index contributed by atoms with van der Waals surface area (Å²) in [4.78, 5) is 8.71. The van der Waals surface area contributed by atoms with Gasteiger partial charge in [0.25, 0.3) is 0 Å². The molecular formula is C16H19ClN2O. The van der Waals surface area contributed by atoms with E-state index in [0.717, 1.165) is 16.9 Å². The first-order valence-electron chi connectivity index (χ1n) is 6.56. The van der Waals surface area contributed by atoms with Crippen LogP contribution in [-0.2, 0) is 5.41 Å². The Balaban J connectivity index is 2.39. The molecule has 106 valence electrons. The van der Waals surface area contributed by atoms with E-state index in [4.69, 9.17) is 16.3 Å². The van der Waals surface area contributed by atoms with E-state index >= 15 is 0 Å². The number of hydrogen-bond donors (Lipinski definition) is 0. The number of aromatic nitrogens is 2. The summed E-state index contributed by atoms with van der Waals surface area (Å²) in [7, 11) is 0. The fourth-order valence-electron chi connectivity index (χ4n) is 1.71. The Morgan fingerprint density at radius 3 is 2.40 bits per heavy atom. The molecule has 2 rings (SSSR count). The zero-order chi connectivity index (χ0) is 14.9. The average Bonchev–Trinajstić information content (AvgIpc) is 2.32. The Kier molecular flexibility index (Phi) is 4.00. The summed E-state index contributed by atoms with van der Waals surface area (Å²) in [5.74, 6) is 1.94. The molecule has 0 atom stereocenters. The first-order chi connectivity index (χ1) is 9.25. The molecule has 0 saturated heterocycles. The van der Waals surface area contributed by atoms with Crippen LogP contribution in [0.1, 0.15) is 37.7 Å². The van der Waals surface area contributed by atoms with E-state index in [-0.39, 0.29) is 5.41 Å². The molecule has 0 aliphatic rings. The second kappa shape index (κ2) is 5.41. The zero-order valence-electron chi connectivity index (χ0n) is 12.5. The van der Waals surface area contributed by atoms with Crippen molar-refractivity contribution in [1.29, 1.82) is 0 Å². The SMILES string of the molecule is Cc1ccc(C)c(Oc2cc(Cl)nc(C(C)(C)C)n2)c1. The minimum atomic E-state index is -0.176. The van der Waals surface area contributed by atoms with Crippen molar-refractivity contribution in [1.82, 2.24) is 9.97 Å². The van der Waals surface area contributed by atoms with E-state index in [0.29, 0.717) is 16.9 Å². The van der Waals surface area contributed by atoms with E-state index in [1.807, 2.05) is 46.8 Å². The molecule has 0 aliphatic carbocycles. The van der Waals surface area contributed by atoms with Gasteiger partial charge in [-0.05, 0) is 31.0 Å². The van der Waals surface area contributed by atoms with Crippen molar-refractivity contribution in [3.63, 3.8) is 0 Å². The highest BCUT2D eigenvalue weighted by Gasteiger charge is 2.19. The Bertz CT molecular complexity index is 633. The van der Waals surface area contributed by atoms with Crippen LogP contribution < -0.4 is 4.74 Å². The maximum Gasteiger partial charge on any atom is 0.224 e. The molecule has 1 aromatic carbocycles. The molecule has 20 heavy (non-hydrogen) atoms. The van der Waals surface area contributed by atoms with E-state index in [1.54, 1.807) is 6.07 Å². The van der Waals surface area contributed by atoms with Crippen LogP contribution in [0.2, 0.25) is 5.15 Å². The first kappa shape index (κ1) is 14.8. The standard InChI is InChI=1S/C16H19ClN2O/c1-10-6-7-11(2)12(8-10)20-14-9-13(17)18-15(19-14)16(3,4)5/h6-9H,1-5H3. The van der Waals surface area contributed by atoms with E-state index in [1.165, 1.54) is 0 Å². The van der Waals surface area contributed by atoms with Crippen molar-refractivity contribution in [2.75, 3.05) is 0 Å². The second-order valence-electron chi connectivity index (χ2n) is 5.97. The minimum Gasteiger partial charge on any atom is -0.439 e. The number of rotatable bonds is 2. The first-order valence-corrected chi connectivity index (χ1v) is 6.94. The van der Waals surface area contributed by atoms with Gasteiger partial charge in [0.1, 0.15) is 16.7 Å². The van der Waals surface area contributed by atoms with Gasteiger partial charge >= 0.3 is 0 Å². The van der Waals surface area contributed by atoms with Crippen molar-refractivity contribution in [2.45, 2.75) is 40.0 Å². The molecule has 3 nitrogen and oxygen atoms in total. The third kappa shape index (κ3) is 3.48. The molecule has 0 N–H and O–H groups in total. The summed E-state index contributed by atoms with van der Waals surface area (Å²) in [6.07, 6.45) is 0. The average molecular weight is 291 g/mol. The lowest BCUT2D eigenvalue weighted by Crippen LogP contribution is -2.16. The summed E-state index contributed by atoms with van der Waals surface area (Å²) < 4.78 is 5.87. The van der Waals surface area contributed by atoms with Gasteiger partial charge in [-0.1, -0.05) is 44.5 Å². The molecule has 0 bridgehead atoms. The van der Waals surface area contributed by atoms with Gasteiger partial charge in [-0.3, -0.25) is 0 Å². The van der Waals surface area contributed by atoms with Gasteiger partial charge in [-0.2, -0.15) is 4.98 Å². The smallest absolute Gasteiger partial charge is 0.224 e. The van der Waals surface area contributed by atoms with Gasteiger partial charge in [0.05, 0.1) is 0 Å². The fraction of sp³-hybridized carbons (Fsp3) is 0.375. The monoisotopic (exact) mass is 290 g/mol. The normalized spacial score (nSPS) is 11.5. The highest BCUT2D eigenvalue weighted by molar-refractivity contribution is 6.29. The second-order valence-corrected chi connectivity index (χ2v) is 6.36. The van der Waals surface area contributed by atoms with Crippen molar-refractivity contribution < 1.29 is 4.74 Å². The van der Waals surface area contributed by atoms with Gasteiger partial charge in [0, 0.05) is 11.5 Å². The number of hydrogen-bond acceptors (Lipinski definition) is 3. The van der Waals surface area contributed by atoms with Gasteiger partial charge in [0.15, 0.2) is 0 Å². The van der Waals surface area contributed by atoms with E-state index < -0.39 is 0 Å². The molecule has 2 aromatic rings. The van der Waals surface area contributed by atoms with E-state index in [9.17, 15) is 0 Å². The molecule has 0 fully saturated rings. The highest BCUT2D eigenvalue weighted by atomic mass is 35.5. The van der Waals surface area contributed by atoms with Gasteiger partial charge < -0.3 is 4.74 Å². The third-order valence-corrected chi connectivity index (χ3v) is 3.09. The van der Waals surface area contributed by atoms with Crippen LogP contribution in [0.3, 0.4) is 0 Å². The largest absolute Gasteiger partial charge is 0.439 e. The van der Waals surface area contributed by atoms with Crippen molar-refractivity contribution in [3.05, 3.63) is 46.4 Å².